The van der Waals surface area contributed by atoms with Gasteiger partial charge in [-0.05, 0) is 38.0 Å². The third-order valence-corrected chi connectivity index (χ3v) is 5.77. The summed E-state index contributed by atoms with van der Waals surface area (Å²) in [6.45, 7) is 11.1. The van der Waals surface area contributed by atoms with E-state index in [0.717, 1.165) is 63.7 Å². The molecule has 0 spiro atoms. The molecule has 0 atom stereocenters. The number of aliphatic hydroxyl groups is 1. The lowest BCUT2D eigenvalue weighted by Crippen LogP contribution is -2.50. The van der Waals surface area contributed by atoms with Crippen LogP contribution in [0.1, 0.15) is 72.6 Å². The van der Waals surface area contributed by atoms with Gasteiger partial charge in [0.2, 0.25) is 5.91 Å². The van der Waals surface area contributed by atoms with E-state index in [0.29, 0.717) is 0 Å². The molecule has 4 heteroatoms. The fourth-order valence-corrected chi connectivity index (χ4v) is 3.68. The van der Waals surface area contributed by atoms with Gasteiger partial charge in [0.25, 0.3) is 0 Å². The zero-order chi connectivity index (χ0) is 17.8. The summed E-state index contributed by atoms with van der Waals surface area (Å²) in [5.41, 5.74) is 0.675. The molecule has 1 saturated heterocycles. The van der Waals surface area contributed by atoms with Crippen molar-refractivity contribution in [1.29, 1.82) is 0 Å². The largest absolute Gasteiger partial charge is 0.389 e. The maximum atomic E-state index is 12.2. The Morgan fingerprint density at radius 1 is 1.21 bits per heavy atom. The molecule has 1 amide bonds. The molecule has 0 unspecified atom stereocenters. The molecule has 0 aromatic rings. The van der Waals surface area contributed by atoms with E-state index in [-0.39, 0.29) is 17.4 Å². The number of likely N-dealkylation sites (tertiary alicyclic amines) is 1. The zero-order valence-electron chi connectivity index (χ0n) is 16.0. The van der Waals surface area contributed by atoms with Gasteiger partial charge in [-0.3, -0.25) is 4.79 Å². The second-order valence-corrected chi connectivity index (χ2v) is 8.92. The lowest BCUT2D eigenvalue weighted by atomic mass is 9.84. The third-order valence-electron chi connectivity index (χ3n) is 5.77. The molecule has 0 radical (unpaired) electrons. The molecule has 1 saturated carbocycles. The van der Waals surface area contributed by atoms with Crippen molar-refractivity contribution in [2.75, 3.05) is 19.6 Å². The van der Waals surface area contributed by atoms with Gasteiger partial charge in [-0.1, -0.05) is 45.6 Å². The molecule has 1 aliphatic heterocycles. The first-order valence-electron chi connectivity index (χ1n) is 9.62. The Kier molecular flexibility index (Phi) is 6.49. The van der Waals surface area contributed by atoms with Crippen LogP contribution in [0.15, 0.2) is 11.6 Å². The molecule has 138 valence electrons. The number of nitrogens with zero attached hydrogens (tertiary/aromatic N) is 1. The molecule has 1 heterocycles. The normalized spacial score (nSPS) is 24.0. The van der Waals surface area contributed by atoms with Gasteiger partial charge in [-0.25, -0.2) is 0 Å². The van der Waals surface area contributed by atoms with Gasteiger partial charge in [-0.15, -0.1) is 0 Å². The van der Waals surface area contributed by atoms with Crippen molar-refractivity contribution in [1.82, 2.24) is 10.2 Å². The Bertz CT molecular complexity index is 451. The van der Waals surface area contributed by atoms with Crippen molar-refractivity contribution in [3.05, 3.63) is 11.6 Å². The fraction of sp³-hybridized carbons (Fsp3) is 0.850. The van der Waals surface area contributed by atoms with Gasteiger partial charge < -0.3 is 15.3 Å². The van der Waals surface area contributed by atoms with E-state index in [1.807, 2.05) is 6.92 Å². The molecular formula is C20H36N2O2. The third kappa shape index (κ3) is 5.89. The van der Waals surface area contributed by atoms with Gasteiger partial charge in [0, 0.05) is 31.8 Å². The average Bonchev–Trinajstić information content (AvgIpc) is 2.48. The molecule has 2 fully saturated rings. The number of rotatable bonds is 4. The van der Waals surface area contributed by atoms with Gasteiger partial charge in [-0.2, -0.15) is 0 Å². The predicted octanol–water partition coefficient (Wildman–Crippen LogP) is 3.25. The van der Waals surface area contributed by atoms with E-state index in [1.165, 1.54) is 6.42 Å². The number of carbonyl (C=O) groups excluding carboxylic acids is 1. The summed E-state index contributed by atoms with van der Waals surface area (Å²) in [6.07, 6.45) is 9.16. The second kappa shape index (κ2) is 8.01. The van der Waals surface area contributed by atoms with Crippen LogP contribution in [0, 0.1) is 5.41 Å². The summed E-state index contributed by atoms with van der Waals surface area (Å²) in [6, 6.07) is 0.263. The standard InChI is InChI=1S/C20H36N2O2/c1-16(19(2,3)4)14-18(23)21-17-8-12-22(13-9-17)15-20(24)10-6-5-7-11-20/h14,17,24H,5-13,15H2,1-4H3,(H,21,23). The molecule has 24 heavy (non-hydrogen) atoms. The highest BCUT2D eigenvalue weighted by molar-refractivity contribution is 5.88. The SMILES string of the molecule is CC(=CC(=O)NC1CCN(CC2(O)CCCCC2)CC1)C(C)(C)C. The summed E-state index contributed by atoms with van der Waals surface area (Å²) in [7, 11) is 0. The highest BCUT2D eigenvalue weighted by atomic mass is 16.3. The Morgan fingerprint density at radius 2 is 1.79 bits per heavy atom. The Hall–Kier alpha value is -0.870. The molecule has 0 aromatic heterocycles. The number of β-amino-alcohol motifs (C(OH)–C–C–N with tert-alkyl or cyclic N) is 1. The number of hydrogen-bond donors (Lipinski definition) is 2. The Morgan fingerprint density at radius 3 is 2.33 bits per heavy atom. The van der Waals surface area contributed by atoms with Crippen LogP contribution in [-0.4, -0.2) is 47.2 Å². The summed E-state index contributed by atoms with van der Waals surface area (Å²) < 4.78 is 0. The first-order chi connectivity index (χ1) is 11.2. The van der Waals surface area contributed by atoms with Crippen LogP contribution in [-0.2, 0) is 4.79 Å². The van der Waals surface area contributed by atoms with Gasteiger partial charge in [0.15, 0.2) is 0 Å². The quantitative estimate of drug-likeness (QED) is 0.775. The topological polar surface area (TPSA) is 52.6 Å². The Balaban J connectivity index is 1.75. The van der Waals surface area contributed by atoms with E-state index in [1.54, 1.807) is 6.08 Å². The molecule has 2 aliphatic rings. The van der Waals surface area contributed by atoms with Crippen molar-refractivity contribution >= 4 is 5.91 Å². The summed E-state index contributed by atoms with van der Waals surface area (Å²) in [4.78, 5) is 14.6. The first kappa shape index (κ1) is 19.5. The minimum absolute atomic E-state index is 0.0341. The van der Waals surface area contributed by atoms with Crippen LogP contribution in [0.25, 0.3) is 0 Å². The van der Waals surface area contributed by atoms with Gasteiger partial charge >= 0.3 is 0 Å². The molecule has 2 rings (SSSR count). The molecular weight excluding hydrogens is 300 g/mol. The second-order valence-electron chi connectivity index (χ2n) is 8.92. The van der Waals surface area contributed by atoms with E-state index in [2.05, 4.69) is 31.0 Å². The number of carbonyl (C=O) groups is 1. The van der Waals surface area contributed by atoms with Crippen LogP contribution in [0.2, 0.25) is 0 Å². The van der Waals surface area contributed by atoms with Crippen molar-refractivity contribution in [2.24, 2.45) is 5.41 Å². The zero-order valence-corrected chi connectivity index (χ0v) is 16.0. The lowest BCUT2D eigenvalue weighted by Gasteiger charge is -2.40. The number of piperidine rings is 1. The van der Waals surface area contributed by atoms with E-state index < -0.39 is 5.60 Å². The van der Waals surface area contributed by atoms with E-state index in [9.17, 15) is 9.90 Å². The molecule has 1 aliphatic carbocycles. The number of hydrogen-bond acceptors (Lipinski definition) is 3. The molecule has 4 nitrogen and oxygen atoms in total. The van der Waals surface area contributed by atoms with Gasteiger partial charge in [0.1, 0.15) is 0 Å². The van der Waals surface area contributed by atoms with E-state index in [4.69, 9.17) is 0 Å². The lowest BCUT2D eigenvalue weighted by molar-refractivity contribution is -0.117. The van der Waals surface area contributed by atoms with Crippen LogP contribution >= 0.6 is 0 Å². The minimum Gasteiger partial charge on any atom is -0.389 e. The maximum absolute atomic E-state index is 12.2. The summed E-state index contributed by atoms with van der Waals surface area (Å²) in [5.74, 6) is 0.0341. The smallest absolute Gasteiger partial charge is 0.244 e. The van der Waals surface area contributed by atoms with Crippen molar-refractivity contribution < 1.29 is 9.90 Å². The van der Waals surface area contributed by atoms with Crippen LogP contribution in [0.3, 0.4) is 0 Å². The Labute approximate surface area is 147 Å². The van der Waals surface area contributed by atoms with Gasteiger partial charge in [0.05, 0.1) is 5.60 Å². The summed E-state index contributed by atoms with van der Waals surface area (Å²) in [5, 5.41) is 13.8. The van der Waals surface area contributed by atoms with Crippen LogP contribution in [0.5, 0.6) is 0 Å². The van der Waals surface area contributed by atoms with Crippen molar-refractivity contribution in [3.8, 4) is 0 Å². The number of allylic oxidation sites excluding steroid dienone is 1. The summed E-state index contributed by atoms with van der Waals surface area (Å²) >= 11 is 0. The minimum atomic E-state index is -0.471. The monoisotopic (exact) mass is 336 g/mol. The first-order valence-corrected chi connectivity index (χ1v) is 9.62. The van der Waals surface area contributed by atoms with Crippen LogP contribution < -0.4 is 5.32 Å². The van der Waals surface area contributed by atoms with Crippen molar-refractivity contribution in [2.45, 2.75) is 84.3 Å². The molecule has 0 aromatic carbocycles. The van der Waals surface area contributed by atoms with E-state index >= 15 is 0 Å². The maximum Gasteiger partial charge on any atom is 0.244 e. The number of nitrogens with one attached hydrogen (secondary N) is 1. The fourth-order valence-electron chi connectivity index (χ4n) is 3.68. The molecule has 2 N–H and O–H groups in total. The molecule has 0 bridgehead atoms. The predicted molar refractivity (Wildman–Crippen MR) is 98.9 cm³/mol. The van der Waals surface area contributed by atoms with Crippen molar-refractivity contribution in [3.63, 3.8) is 0 Å². The number of amides is 1. The highest BCUT2D eigenvalue weighted by Gasteiger charge is 2.32. The van der Waals surface area contributed by atoms with Crippen LogP contribution in [0.4, 0.5) is 0 Å². The average molecular weight is 337 g/mol. The highest BCUT2D eigenvalue weighted by Crippen LogP contribution is 2.29.